The molecule has 5 nitrogen and oxygen atoms in total. The fraction of sp³-hybridized carbons (Fsp3) is 0.706. The molecule has 1 unspecified atom stereocenters. The van der Waals surface area contributed by atoms with Crippen molar-refractivity contribution in [1.29, 1.82) is 0 Å². The highest BCUT2D eigenvalue weighted by atomic mass is 16.4. The lowest BCUT2D eigenvalue weighted by Gasteiger charge is -2.28. The van der Waals surface area contributed by atoms with Crippen LogP contribution in [0.15, 0.2) is 6.07 Å². The van der Waals surface area contributed by atoms with Crippen LogP contribution in [0, 0.1) is 0 Å². The molecule has 1 aromatic heterocycles. The number of aromatic nitrogens is 2. The predicted molar refractivity (Wildman–Crippen MR) is 87.4 cm³/mol. The normalized spacial score (nSPS) is 19.5. The lowest BCUT2D eigenvalue weighted by molar-refractivity contribution is -0.138. The quantitative estimate of drug-likeness (QED) is 0.909. The first-order valence-corrected chi connectivity index (χ1v) is 7.89. The fourth-order valence-electron chi connectivity index (χ4n) is 2.60. The molecule has 1 atom stereocenters. The third-order valence-electron chi connectivity index (χ3n) is 3.98. The lowest BCUT2D eigenvalue weighted by Crippen LogP contribution is -2.37. The third-order valence-corrected chi connectivity index (χ3v) is 3.98. The monoisotopic (exact) mass is 305 g/mol. The highest BCUT2D eigenvalue weighted by molar-refractivity contribution is 5.78. The second kappa shape index (κ2) is 5.52. The molecule has 5 heteroatoms. The summed E-state index contributed by atoms with van der Waals surface area (Å²) in [4.78, 5) is 22.8. The van der Waals surface area contributed by atoms with Gasteiger partial charge in [-0.1, -0.05) is 41.5 Å². The fourth-order valence-corrected chi connectivity index (χ4v) is 2.60. The van der Waals surface area contributed by atoms with E-state index in [1.54, 1.807) is 0 Å². The van der Waals surface area contributed by atoms with E-state index in [1.807, 2.05) is 11.0 Å². The number of carboxylic acid groups (broad SMARTS) is 1. The van der Waals surface area contributed by atoms with Gasteiger partial charge < -0.3 is 10.0 Å². The Hall–Kier alpha value is -1.65. The van der Waals surface area contributed by atoms with Crippen molar-refractivity contribution in [1.82, 2.24) is 9.97 Å². The van der Waals surface area contributed by atoms with Crippen molar-refractivity contribution in [2.45, 2.75) is 71.3 Å². The minimum Gasteiger partial charge on any atom is -0.480 e. The Morgan fingerprint density at radius 2 is 1.82 bits per heavy atom. The standard InChI is InChI=1S/C17H27N3O2/c1-16(2,3)12-10-13(19-15(18-12)17(4,5)6)20-9-7-8-11(20)14(21)22/h10-11H,7-9H2,1-6H3,(H,21,22). The molecule has 1 aliphatic rings. The lowest BCUT2D eigenvalue weighted by atomic mass is 9.90. The highest BCUT2D eigenvalue weighted by Gasteiger charge is 2.33. The van der Waals surface area contributed by atoms with Gasteiger partial charge in [0.15, 0.2) is 0 Å². The molecule has 1 aliphatic heterocycles. The smallest absolute Gasteiger partial charge is 0.326 e. The summed E-state index contributed by atoms with van der Waals surface area (Å²) in [6.45, 7) is 13.3. The van der Waals surface area contributed by atoms with E-state index in [-0.39, 0.29) is 10.8 Å². The molecule has 2 rings (SSSR count). The van der Waals surface area contributed by atoms with Gasteiger partial charge in [0.25, 0.3) is 0 Å². The van der Waals surface area contributed by atoms with Crippen LogP contribution in [0.4, 0.5) is 5.82 Å². The number of carbonyl (C=O) groups is 1. The van der Waals surface area contributed by atoms with Crippen LogP contribution in [0.3, 0.4) is 0 Å². The van der Waals surface area contributed by atoms with Crippen LogP contribution >= 0.6 is 0 Å². The largest absolute Gasteiger partial charge is 0.480 e. The Bertz CT molecular complexity index is 538. The Kier molecular flexibility index (Phi) is 4.20. The maximum absolute atomic E-state index is 11.5. The van der Waals surface area contributed by atoms with Crippen molar-refractivity contribution in [2.75, 3.05) is 11.4 Å². The van der Waals surface area contributed by atoms with E-state index in [2.05, 4.69) is 46.5 Å². The molecule has 1 saturated heterocycles. The van der Waals surface area contributed by atoms with Crippen LogP contribution in [0.25, 0.3) is 0 Å². The zero-order chi connectivity index (χ0) is 16.7. The van der Waals surface area contributed by atoms with Crippen LogP contribution in [0.2, 0.25) is 0 Å². The summed E-state index contributed by atoms with van der Waals surface area (Å²) in [7, 11) is 0. The number of anilines is 1. The SMILES string of the molecule is CC(C)(C)c1cc(N2CCCC2C(=O)O)nc(C(C)(C)C)n1. The second-order valence-corrected chi connectivity index (χ2v) is 8.12. The summed E-state index contributed by atoms with van der Waals surface area (Å²) in [5.41, 5.74) is 0.684. The van der Waals surface area contributed by atoms with Crippen LogP contribution in [-0.2, 0) is 15.6 Å². The molecule has 0 radical (unpaired) electrons. The van der Waals surface area contributed by atoms with Gasteiger partial charge in [0.05, 0.1) is 5.69 Å². The number of hydrogen-bond donors (Lipinski definition) is 1. The predicted octanol–water partition coefficient (Wildman–Crippen LogP) is 3.13. The van der Waals surface area contributed by atoms with E-state index < -0.39 is 12.0 Å². The van der Waals surface area contributed by atoms with E-state index >= 15 is 0 Å². The Morgan fingerprint density at radius 1 is 1.18 bits per heavy atom. The van der Waals surface area contributed by atoms with Crippen molar-refractivity contribution >= 4 is 11.8 Å². The molecule has 0 aromatic carbocycles. The van der Waals surface area contributed by atoms with E-state index in [4.69, 9.17) is 4.98 Å². The average Bonchev–Trinajstić information content (AvgIpc) is 2.85. The van der Waals surface area contributed by atoms with Crippen LogP contribution in [0.1, 0.15) is 65.9 Å². The molecular weight excluding hydrogens is 278 g/mol. The van der Waals surface area contributed by atoms with E-state index in [0.717, 1.165) is 30.3 Å². The third kappa shape index (κ3) is 3.39. The van der Waals surface area contributed by atoms with Crippen molar-refractivity contribution in [3.8, 4) is 0 Å². The van der Waals surface area contributed by atoms with E-state index in [0.29, 0.717) is 6.42 Å². The summed E-state index contributed by atoms with van der Waals surface area (Å²) in [6, 6.07) is 1.48. The molecule has 1 N–H and O–H groups in total. The summed E-state index contributed by atoms with van der Waals surface area (Å²) < 4.78 is 0. The van der Waals surface area contributed by atoms with Gasteiger partial charge in [-0.25, -0.2) is 14.8 Å². The second-order valence-electron chi connectivity index (χ2n) is 8.12. The summed E-state index contributed by atoms with van der Waals surface area (Å²) >= 11 is 0. The number of rotatable bonds is 2. The summed E-state index contributed by atoms with van der Waals surface area (Å²) in [5, 5.41) is 9.42. The Morgan fingerprint density at radius 3 is 2.32 bits per heavy atom. The van der Waals surface area contributed by atoms with Crippen molar-refractivity contribution in [3.05, 3.63) is 17.6 Å². The molecule has 0 amide bonds. The maximum atomic E-state index is 11.5. The number of nitrogens with zero attached hydrogens (tertiary/aromatic N) is 3. The van der Waals surface area contributed by atoms with Crippen molar-refractivity contribution < 1.29 is 9.90 Å². The summed E-state index contributed by atoms with van der Waals surface area (Å²) in [6.07, 6.45) is 1.56. The minimum atomic E-state index is -0.772. The van der Waals surface area contributed by atoms with Crippen molar-refractivity contribution in [3.63, 3.8) is 0 Å². The van der Waals surface area contributed by atoms with Gasteiger partial charge in [-0.2, -0.15) is 0 Å². The molecule has 0 spiro atoms. The first kappa shape index (κ1) is 16.7. The zero-order valence-corrected chi connectivity index (χ0v) is 14.5. The average molecular weight is 305 g/mol. The molecule has 0 bridgehead atoms. The Labute approximate surface area is 132 Å². The van der Waals surface area contributed by atoms with Crippen molar-refractivity contribution in [2.24, 2.45) is 0 Å². The van der Waals surface area contributed by atoms with Crippen LogP contribution < -0.4 is 4.90 Å². The molecule has 2 heterocycles. The number of aliphatic carboxylic acids is 1. The highest BCUT2D eigenvalue weighted by Crippen LogP contribution is 2.31. The van der Waals surface area contributed by atoms with Gasteiger partial charge in [-0.3, -0.25) is 0 Å². The molecule has 1 fully saturated rings. The van der Waals surface area contributed by atoms with E-state index in [9.17, 15) is 9.90 Å². The summed E-state index contributed by atoms with van der Waals surface area (Å²) in [5.74, 6) is 0.742. The van der Waals surface area contributed by atoms with Gasteiger partial charge in [0.1, 0.15) is 17.7 Å². The zero-order valence-electron chi connectivity index (χ0n) is 14.5. The van der Waals surface area contributed by atoms with Gasteiger partial charge >= 0.3 is 5.97 Å². The van der Waals surface area contributed by atoms with E-state index in [1.165, 1.54) is 0 Å². The molecule has 122 valence electrons. The van der Waals surface area contributed by atoms with Gasteiger partial charge in [0, 0.05) is 23.4 Å². The maximum Gasteiger partial charge on any atom is 0.326 e. The molecular formula is C17H27N3O2. The van der Waals surface area contributed by atoms with Crippen LogP contribution in [-0.4, -0.2) is 33.6 Å². The van der Waals surface area contributed by atoms with Crippen LogP contribution in [0.5, 0.6) is 0 Å². The first-order chi connectivity index (χ1) is 10.00. The first-order valence-electron chi connectivity index (χ1n) is 7.89. The molecule has 1 aromatic rings. The topological polar surface area (TPSA) is 66.3 Å². The van der Waals surface area contributed by atoms with Gasteiger partial charge in [0.2, 0.25) is 0 Å². The Balaban J connectivity index is 2.53. The molecule has 0 saturated carbocycles. The molecule has 0 aliphatic carbocycles. The number of carboxylic acids is 1. The molecule has 22 heavy (non-hydrogen) atoms. The van der Waals surface area contributed by atoms with Gasteiger partial charge in [-0.05, 0) is 12.8 Å². The minimum absolute atomic E-state index is 0.101. The van der Waals surface area contributed by atoms with Gasteiger partial charge in [-0.15, -0.1) is 0 Å². The number of hydrogen-bond acceptors (Lipinski definition) is 4.